The Morgan fingerprint density at radius 1 is 1.29 bits per heavy atom. The van der Waals surface area contributed by atoms with Crippen molar-refractivity contribution in [2.75, 3.05) is 0 Å². The minimum absolute atomic E-state index is 0.100. The lowest BCUT2D eigenvalue weighted by Crippen LogP contribution is -2.27. The lowest BCUT2D eigenvalue weighted by Gasteiger charge is -2.31. The van der Waals surface area contributed by atoms with Crippen molar-refractivity contribution in [3.8, 4) is 0 Å². The molecule has 1 saturated carbocycles. The topological polar surface area (TPSA) is 12.0 Å². The minimum atomic E-state index is -0.100. The van der Waals surface area contributed by atoms with Crippen LogP contribution >= 0.6 is 0 Å². The Kier molecular flexibility index (Phi) is 1.84. The van der Waals surface area contributed by atoms with Gasteiger partial charge in [0.25, 0.3) is 0 Å². The Balaban J connectivity index is 1.95. The number of nitrogens with one attached hydrogen (secondary N) is 1. The van der Waals surface area contributed by atoms with Crippen molar-refractivity contribution >= 4 is 0 Å². The first-order valence-corrected chi connectivity index (χ1v) is 5.36. The van der Waals surface area contributed by atoms with Gasteiger partial charge in [0.15, 0.2) is 0 Å². The van der Waals surface area contributed by atoms with Crippen LogP contribution in [0.2, 0.25) is 0 Å². The third-order valence-corrected chi connectivity index (χ3v) is 3.58. The summed E-state index contributed by atoms with van der Waals surface area (Å²) in [6.07, 6.45) is 3.94. The van der Waals surface area contributed by atoms with E-state index in [1.54, 1.807) is 12.1 Å². The summed E-state index contributed by atoms with van der Waals surface area (Å²) in [4.78, 5) is 0. The Labute approximate surface area is 83.3 Å². The molecule has 0 aromatic heterocycles. The standard InChI is InChI=1S/C12H14FN/c13-10-5-4-9-7-14-12(11(9)6-10)8-2-1-3-8/h4-6,8,12,14H,1-3,7H2. The first kappa shape index (κ1) is 8.42. The molecule has 1 nitrogen and oxygen atoms in total. The average molecular weight is 191 g/mol. The molecule has 2 aliphatic rings. The molecule has 2 heteroatoms. The van der Waals surface area contributed by atoms with Crippen LogP contribution in [0.5, 0.6) is 0 Å². The molecule has 1 atom stereocenters. The van der Waals surface area contributed by atoms with Gasteiger partial charge in [0.05, 0.1) is 0 Å². The van der Waals surface area contributed by atoms with Crippen molar-refractivity contribution in [2.24, 2.45) is 5.92 Å². The van der Waals surface area contributed by atoms with E-state index in [0.29, 0.717) is 6.04 Å². The number of hydrogen-bond donors (Lipinski definition) is 1. The SMILES string of the molecule is Fc1ccc2c(c1)C(C1CCC1)NC2. The second kappa shape index (κ2) is 3.06. The highest BCUT2D eigenvalue weighted by Crippen LogP contribution is 2.41. The van der Waals surface area contributed by atoms with E-state index < -0.39 is 0 Å². The smallest absolute Gasteiger partial charge is 0.123 e. The summed E-state index contributed by atoms with van der Waals surface area (Å²) >= 11 is 0. The lowest BCUT2D eigenvalue weighted by molar-refractivity contribution is 0.240. The zero-order valence-electron chi connectivity index (χ0n) is 8.09. The molecule has 3 rings (SSSR count). The van der Waals surface area contributed by atoms with Gasteiger partial charge in [-0.2, -0.15) is 0 Å². The van der Waals surface area contributed by atoms with E-state index in [4.69, 9.17) is 0 Å². The lowest BCUT2D eigenvalue weighted by atomic mass is 9.77. The Morgan fingerprint density at radius 2 is 2.14 bits per heavy atom. The number of benzene rings is 1. The molecule has 1 N–H and O–H groups in total. The van der Waals surface area contributed by atoms with Crippen LogP contribution in [0.25, 0.3) is 0 Å². The molecule has 1 aromatic carbocycles. The van der Waals surface area contributed by atoms with Crippen LogP contribution in [0.1, 0.15) is 36.4 Å². The van der Waals surface area contributed by atoms with E-state index in [-0.39, 0.29) is 5.82 Å². The molecule has 1 heterocycles. The Hall–Kier alpha value is -0.890. The van der Waals surface area contributed by atoms with E-state index in [0.717, 1.165) is 12.5 Å². The first-order chi connectivity index (χ1) is 6.84. The summed E-state index contributed by atoms with van der Waals surface area (Å²) in [5.41, 5.74) is 2.48. The third-order valence-electron chi connectivity index (χ3n) is 3.58. The fourth-order valence-corrected chi connectivity index (χ4v) is 2.54. The summed E-state index contributed by atoms with van der Waals surface area (Å²) in [5.74, 6) is 0.648. The van der Waals surface area contributed by atoms with Gasteiger partial charge in [0.1, 0.15) is 5.82 Å². The van der Waals surface area contributed by atoms with Crippen molar-refractivity contribution in [3.63, 3.8) is 0 Å². The van der Waals surface area contributed by atoms with E-state index in [1.165, 1.54) is 30.4 Å². The molecule has 1 aromatic rings. The van der Waals surface area contributed by atoms with Crippen molar-refractivity contribution in [1.82, 2.24) is 5.32 Å². The molecule has 0 radical (unpaired) electrons. The average Bonchev–Trinajstić information content (AvgIpc) is 2.46. The summed E-state index contributed by atoms with van der Waals surface area (Å²) < 4.78 is 13.1. The molecule has 0 spiro atoms. The predicted octanol–water partition coefficient (Wildman–Crippen LogP) is 2.77. The summed E-state index contributed by atoms with van der Waals surface area (Å²) in [6.45, 7) is 0.913. The van der Waals surface area contributed by atoms with Crippen molar-refractivity contribution < 1.29 is 4.39 Å². The fourth-order valence-electron chi connectivity index (χ4n) is 2.54. The van der Waals surface area contributed by atoms with Gasteiger partial charge in [-0.3, -0.25) is 0 Å². The van der Waals surface area contributed by atoms with Gasteiger partial charge in [0.2, 0.25) is 0 Å². The molecule has 14 heavy (non-hydrogen) atoms. The fraction of sp³-hybridized carbons (Fsp3) is 0.500. The maximum absolute atomic E-state index is 13.1. The van der Waals surface area contributed by atoms with Gasteiger partial charge < -0.3 is 5.32 Å². The van der Waals surface area contributed by atoms with Crippen LogP contribution in [-0.4, -0.2) is 0 Å². The number of rotatable bonds is 1. The molecule has 1 fully saturated rings. The second-order valence-electron chi connectivity index (χ2n) is 4.39. The summed E-state index contributed by atoms with van der Waals surface area (Å²) in [7, 11) is 0. The van der Waals surface area contributed by atoms with E-state index >= 15 is 0 Å². The van der Waals surface area contributed by atoms with Crippen LogP contribution in [-0.2, 0) is 6.54 Å². The van der Waals surface area contributed by atoms with Gasteiger partial charge in [0, 0.05) is 12.6 Å². The maximum Gasteiger partial charge on any atom is 0.123 e. The van der Waals surface area contributed by atoms with Crippen molar-refractivity contribution in [2.45, 2.75) is 31.8 Å². The van der Waals surface area contributed by atoms with Crippen LogP contribution in [0, 0.1) is 11.7 Å². The molecule has 0 saturated heterocycles. The highest BCUT2D eigenvalue weighted by Gasteiger charge is 2.32. The van der Waals surface area contributed by atoms with Crippen LogP contribution in [0.4, 0.5) is 4.39 Å². The first-order valence-electron chi connectivity index (χ1n) is 5.36. The predicted molar refractivity (Wildman–Crippen MR) is 53.3 cm³/mol. The third kappa shape index (κ3) is 1.17. The molecule has 0 bridgehead atoms. The van der Waals surface area contributed by atoms with Crippen LogP contribution < -0.4 is 5.32 Å². The minimum Gasteiger partial charge on any atom is -0.306 e. The molecule has 0 amide bonds. The zero-order valence-corrected chi connectivity index (χ0v) is 8.09. The van der Waals surface area contributed by atoms with Crippen LogP contribution in [0.15, 0.2) is 18.2 Å². The second-order valence-corrected chi connectivity index (χ2v) is 4.39. The van der Waals surface area contributed by atoms with Gasteiger partial charge >= 0.3 is 0 Å². The van der Waals surface area contributed by atoms with Gasteiger partial charge in [-0.25, -0.2) is 4.39 Å². The molecule has 1 aliphatic carbocycles. The number of fused-ring (bicyclic) bond motifs is 1. The highest BCUT2D eigenvalue weighted by molar-refractivity contribution is 5.35. The number of halogens is 1. The van der Waals surface area contributed by atoms with Crippen molar-refractivity contribution in [1.29, 1.82) is 0 Å². The molecule has 1 unspecified atom stereocenters. The molecule has 74 valence electrons. The number of hydrogen-bond acceptors (Lipinski definition) is 1. The van der Waals surface area contributed by atoms with E-state index in [2.05, 4.69) is 5.32 Å². The Bertz CT molecular complexity index is 357. The van der Waals surface area contributed by atoms with Gasteiger partial charge in [-0.1, -0.05) is 12.5 Å². The van der Waals surface area contributed by atoms with Gasteiger partial charge in [-0.15, -0.1) is 0 Å². The molecule has 1 aliphatic heterocycles. The monoisotopic (exact) mass is 191 g/mol. The van der Waals surface area contributed by atoms with E-state index in [9.17, 15) is 4.39 Å². The van der Waals surface area contributed by atoms with Gasteiger partial charge in [-0.05, 0) is 42.0 Å². The maximum atomic E-state index is 13.1. The summed E-state index contributed by atoms with van der Waals surface area (Å²) in [6, 6.07) is 5.60. The largest absolute Gasteiger partial charge is 0.306 e. The molecular formula is C12H14FN. The highest BCUT2D eigenvalue weighted by atomic mass is 19.1. The van der Waals surface area contributed by atoms with E-state index in [1.807, 2.05) is 6.07 Å². The van der Waals surface area contributed by atoms with Crippen LogP contribution in [0.3, 0.4) is 0 Å². The quantitative estimate of drug-likeness (QED) is 0.719. The normalized spacial score (nSPS) is 25.9. The Morgan fingerprint density at radius 3 is 2.86 bits per heavy atom. The zero-order chi connectivity index (χ0) is 9.54. The molecular weight excluding hydrogens is 177 g/mol. The summed E-state index contributed by atoms with van der Waals surface area (Å²) in [5, 5.41) is 3.48. The van der Waals surface area contributed by atoms with Crippen molar-refractivity contribution in [3.05, 3.63) is 35.1 Å².